The van der Waals surface area contributed by atoms with E-state index in [0.29, 0.717) is 24.9 Å². The molecule has 2 saturated heterocycles. The maximum Gasteiger partial charge on any atom is 0.404 e. The van der Waals surface area contributed by atoms with Crippen molar-refractivity contribution >= 4 is 48.1 Å². The summed E-state index contributed by atoms with van der Waals surface area (Å²) in [7, 11) is -3.08. The Balaban J connectivity index is 1.55. The van der Waals surface area contributed by atoms with Crippen LogP contribution in [0, 0.1) is 0 Å². The molecule has 2 aliphatic rings. The molecule has 2 fully saturated rings. The summed E-state index contributed by atoms with van der Waals surface area (Å²) in [5.41, 5.74) is 0.807. The number of aromatic nitrogens is 1. The highest BCUT2D eigenvalue weighted by Crippen LogP contribution is 2.66. The van der Waals surface area contributed by atoms with Crippen LogP contribution in [0.25, 0.3) is 10.9 Å². The van der Waals surface area contributed by atoms with Gasteiger partial charge in [0.05, 0.1) is 13.2 Å². The number of nitrogens with zero attached hydrogens (tertiary/aromatic N) is 2. The number of carboxylic acid groups (broad SMARTS) is 1. The van der Waals surface area contributed by atoms with Crippen molar-refractivity contribution in [1.29, 1.82) is 0 Å². The number of carbonyl (C=O) groups excluding carboxylic acids is 4. The van der Waals surface area contributed by atoms with Gasteiger partial charge in [-0.15, -0.1) is 0 Å². The number of aliphatic carboxylic acids is 1. The Hall–Kier alpha value is -3.92. The van der Waals surface area contributed by atoms with E-state index in [9.17, 15) is 33.6 Å². The number of likely N-dealkylation sites (N-methyl/N-ethyl adjacent to an activating group) is 1. The van der Waals surface area contributed by atoms with Crippen molar-refractivity contribution < 1.29 is 51.5 Å². The van der Waals surface area contributed by atoms with E-state index < -0.39 is 66.5 Å². The monoisotopic (exact) mass is 698 g/mol. The molecule has 0 saturated carbocycles. The molecule has 1 aromatic heterocycles. The molecular formula is C30H41F2N6O9P. The van der Waals surface area contributed by atoms with Crippen LogP contribution in [-0.2, 0) is 38.5 Å². The van der Waals surface area contributed by atoms with Crippen LogP contribution in [0.5, 0.6) is 0 Å². The summed E-state index contributed by atoms with van der Waals surface area (Å²) in [5, 5.41) is 14.9. The molecule has 0 spiro atoms. The molecule has 4 amide bonds. The predicted molar refractivity (Wildman–Crippen MR) is 168 cm³/mol. The zero-order valence-corrected chi connectivity index (χ0v) is 27.8. The Kier molecular flexibility index (Phi) is 11.6. The molecule has 0 radical (unpaired) electrons. The summed E-state index contributed by atoms with van der Waals surface area (Å²) in [5.74, 6) is -4.02. The van der Waals surface area contributed by atoms with E-state index in [1.165, 1.54) is 30.9 Å². The molecule has 18 heteroatoms. The zero-order valence-electron chi connectivity index (χ0n) is 26.9. The van der Waals surface area contributed by atoms with Crippen molar-refractivity contribution in [2.24, 2.45) is 5.73 Å². The molecule has 2 aromatic rings. The number of carboxylic acids is 1. The highest BCUT2D eigenvalue weighted by molar-refractivity contribution is 7.54. The summed E-state index contributed by atoms with van der Waals surface area (Å²) in [6.07, 6.45) is 0.818. The fourth-order valence-electron chi connectivity index (χ4n) is 6.08. The van der Waals surface area contributed by atoms with Gasteiger partial charge in [-0.2, -0.15) is 8.78 Å². The van der Waals surface area contributed by atoms with Crippen molar-refractivity contribution in [3.05, 3.63) is 35.5 Å². The number of amides is 4. The van der Waals surface area contributed by atoms with Crippen molar-refractivity contribution in [2.45, 2.75) is 75.8 Å². The minimum atomic E-state index is -4.87. The molecule has 4 atom stereocenters. The molecule has 264 valence electrons. The highest BCUT2D eigenvalue weighted by Gasteiger charge is 2.55. The largest absolute Gasteiger partial charge is 0.480 e. The number of benzene rings is 1. The number of carbonyl (C=O) groups is 5. The SMILES string of the molecule is CCOP(=O)(OCC)C(F)(F)c1ccc2[nH]c(C(=O)N[C@H]3CN(C)CC[C@H]4CC[C@@H](C(=O)N[C@@H](CCC(N)=O)C(=O)O)N4C3=O)cc2c1. The summed E-state index contributed by atoms with van der Waals surface area (Å²) < 4.78 is 53.4. The first-order valence-electron chi connectivity index (χ1n) is 15.6. The average molecular weight is 699 g/mol. The van der Waals surface area contributed by atoms with E-state index in [2.05, 4.69) is 15.6 Å². The minimum absolute atomic E-state index is 0.0354. The van der Waals surface area contributed by atoms with Crippen molar-refractivity contribution in [2.75, 3.05) is 33.4 Å². The van der Waals surface area contributed by atoms with Gasteiger partial charge in [0.2, 0.25) is 17.7 Å². The quantitative estimate of drug-likeness (QED) is 0.181. The van der Waals surface area contributed by atoms with Gasteiger partial charge in [-0.25, -0.2) is 4.79 Å². The topological polar surface area (TPSA) is 213 Å². The van der Waals surface area contributed by atoms with Crippen LogP contribution in [0.15, 0.2) is 24.3 Å². The van der Waals surface area contributed by atoms with Gasteiger partial charge in [-0.05, 0) is 71.3 Å². The lowest BCUT2D eigenvalue weighted by Gasteiger charge is -2.37. The second kappa shape index (κ2) is 15.1. The minimum Gasteiger partial charge on any atom is -0.480 e. The summed E-state index contributed by atoms with van der Waals surface area (Å²) >= 11 is 0. The number of nitrogens with two attached hydrogens (primary N) is 1. The number of halogens is 2. The third-order valence-electron chi connectivity index (χ3n) is 8.45. The van der Waals surface area contributed by atoms with Gasteiger partial charge >= 0.3 is 19.2 Å². The van der Waals surface area contributed by atoms with Gasteiger partial charge in [0.15, 0.2) is 0 Å². The fraction of sp³-hybridized carbons (Fsp3) is 0.567. The van der Waals surface area contributed by atoms with Crippen LogP contribution in [0.2, 0.25) is 0 Å². The van der Waals surface area contributed by atoms with Gasteiger partial charge < -0.3 is 45.3 Å². The molecule has 6 N–H and O–H groups in total. The van der Waals surface area contributed by atoms with E-state index in [1.54, 1.807) is 7.05 Å². The Labute approximate surface area is 275 Å². The third-order valence-corrected chi connectivity index (χ3v) is 10.6. The highest BCUT2D eigenvalue weighted by atomic mass is 31.2. The number of hydrogen-bond acceptors (Lipinski definition) is 9. The molecule has 48 heavy (non-hydrogen) atoms. The van der Waals surface area contributed by atoms with Crippen LogP contribution in [0.3, 0.4) is 0 Å². The Bertz CT molecular complexity index is 1590. The van der Waals surface area contributed by atoms with Crippen molar-refractivity contribution in [3.8, 4) is 0 Å². The molecule has 15 nitrogen and oxygen atoms in total. The van der Waals surface area contributed by atoms with Crippen molar-refractivity contribution in [1.82, 2.24) is 25.4 Å². The average Bonchev–Trinajstić information content (AvgIpc) is 3.65. The maximum atomic E-state index is 15.4. The Morgan fingerprint density at radius 1 is 1.15 bits per heavy atom. The van der Waals surface area contributed by atoms with Gasteiger partial charge in [0.1, 0.15) is 23.8 Å². The molecule has 0 unspecified atom stereocenters. The molecular weight excluding hydrogens is 657 g/mol. The van der Waals surface area contributed by atoms with Crippen LogP contribution in [-0.4, -0.2) is 107 Å². The van der Waals surface area contributed by atoms with Gasteiger partial charge in [-0.3, -0.25) is 23.7 Å². The van der Waals surface area contributed by atoms with Gasteiger partial charge in [-0.1, -0.05) is 6.07 Å². The Morgan fingerprint density at radius 2 is 1.83 bits per heavy atom. The smallest absolute Gasteiger partial charge is 0.404 e. The van der Waals surface area contributed by atoms with Crippen LogP contribution in [0.4, 0.5) is 8.78 Å². The van der Waals surface area contributed by atoms with Crippen LogP contribution < -0.4 is 16.4 Å². The second-order valence-corrected chi connectivity index (χ2v) is 13.9. The lowest BCUT2D eigenvalue weighted by Crippen LogP contribution is -2.60. The first kappa shape index (κ1) is 36.9. The number of fused-ring (bicyclic) bond motifs is 2. The number of aromatic amines is 1. The summed E-state index contributed by atoms with van der Waals surface area (Å²) in [6, 6.07) is 0.911. The van der Waals surface area contributed by atoms with E-state index in [-0.39, 0.29) is 56.1 Å². The molecule has 3 heterocycles. The standard InChI is InChI=1S/C30H41F2N6O9P/c1-4-46-48(45,47-5-2)30(31,32)18-6-8-20-17(14-18)15-22(34-20)26(40)36-23-16-37(3)13-12-19-7-10-24(38(19)28(23)42)27(41)35-21(29(43)44)9-11-25(33)39/h6,8,14-15,19,21,23-24,34H,4-5,7,9-13,16H2,1-3H3,(H2,33,39)(H,35,41)(H,36,40)(H,43,44)/t19-,21+,23+,24+/m1/s1. The van der Waals surface area contributed by atoms with E-state index in [0.717, 1.165) is 12.1 Å². The number of nitrogens with one attached hydrogen (secondary N) is 3. The summed E-state index contributed by atoms with van der Waals surface area (Å²) in [4.78, 5) is 69.7. The molecule has 0 aliphatic carbocycles. The van der Waals surface area contributed by atoms with E-state index >= 15 is 8.78 Å². The number of primary amides is 1. The van der Waals surface area contributed by atoms with Gasteiger partial charge in [0, 0.05) is 35.5 Å². The fourth-order valence-corrected chi connectivity index (χ4v) is 7.62. The second-order valence-electron chi connectivity index (χ2n) is 11.8. The van der Waals surface area contributed by atoms with E-state index in [4.69, 9.17) is 14.8 Å². The molecule has 2 aliphatic heterocycles. The van der Waals surface area contributed by atoms with Crippen molar-refractivity contribution in [3.63, 3.8) is 0 Å². The maximum absolute atomic E-state index is 15.4. The number of H-pyrrole nitrogens is 1. The summed E-state index contributed by atoms with van der Waals surface area (Å²) in [6.45, 7) is 2.96. The molecule has 1 aromatic carbocycles. The van der Waals surface area contributed by atoms with E-state index in [1.807, 2.05) is 4.90 Å². The van der Waals surface area contributed by atoms with Gasteiger partial charge in [0.25, 0.3) is 5.91 Å². The third kappa shape index (κ3) is 7.86. The predicted octanol–water partition coefficient (Wildman–Crippen LogP) is 2.11. The first-order valence-corrected chi connectivity index (χ1v) is 17.2. The number of alkyl halides is 2. The Morgan fingerprint density at radius 3 is 2.46 bits per heavy atom. The van der Waals surface area contributed by atoms with Crippen LogP contribution in [0.1, 0.15) is 62.0 Å². The normalized spacial score (nSPS) is 21.3. The lowest BCUT2D eigenvalue weighted by atomic mass is 10.1. The lowest BCUT2D eigenvalue weighted by molar-refractivity contribution is -0.146. The number of rotatable bonds is 14. The van der Waals surface area contributed by atoms with Crippen LogP contribution >= 0.6 is 7.60 Å². The zero-order chi connectivity index (χ0) is 35.4. The first-order chi connectivity index (χ1) is 22.6. The number of hydrogen-bond donors (Lipinski definition) is 5. The molecule has 0 bridgehead atoms. The molecule has 4 rings (SSSR count).